The van der Waals surface area contributed by atoms with Gasteiger partial charge in [0.05, 0.1) is 6.61 Å². The van der Waals surface area contributed by atoms with E-state index in [1.54, 1.807) is 6.08 Å². The third kappa shape index (κ3) is 7.05. The lowest BCUT2D eigenvalue weighted by Crippen LogP contribution is -2.03. The SMILES string of the molecule is Cc1cc(OCC=C(Cl)Cl)cc(C)c1OCCCCC(=O)O. The highest BCUT2D eigenvalue weighted by atomic mass is 35.5. The van der Waals surface area contributed by atoms with Crippen molar-refractivity contribution in [3.8, 4) is 11.5 Å². The molecular weight excluding hydrogens is 327 g/mol. The van der Waals surface area contributed by atoms with Crippen molar-refractivity contribution in [3.05, 3.63) is 33.8 Å². The van der Waals surface area contributed by atoms with Crippen LogP contribution < -0.4 is 9.47 Å². The molecule has 0 aliphatic carbocycles. The first-order valence-electron chi connectivity index (χ1n) is 7.00. The lowest BCUT2D eigenvalue weighted by molar-refractivity contribution is -0.137. The van der Waals surface area contributed by atoms with Crippen molar-refractivity contribution in [2.24, 2.45) is 0 Å². The average Bonchev–Trinajstić information content (AvgIpc) is 2.40. The van der Waals surface area contributed by atoms with Crippen LogP contribution in [0.15, 0.2) is 22.7 Å². The number of benzene rings is 1. The second kappa shape index (κ2) is 9.59. The van der Waals surface area contributed by atoms with E-state index in [0.717, 1.165) is 22.6 Å². The molecule has 1 rings (SSSR count). The van der Waals surface area contributed by atoms with E-state index in [4.69, 9.17) is 37.8 Å². The predicted molar refractivity (Wildman–Crippen MR) is 88.2 cm³/mol. The van der Waals surface area contributed by atoms with Crippen LogP contribution in [0.25, 0.3) is 0 Å². The highest BCUT2D eigenvalue weighted by Gasteiger charge is 2.07. The fourth-order valence-electron chi connectivity index (χ4n) is 1.97. The number of rotatable bonds is 9. The zero-order valence-electron chi connectivity index (χ0n) is 12.7. The second-order valence-electron chi connectivity index (χ2n) is 4.89. The fourth-order valence-corrected chi connectivity index (χ4v) is 2.10. The third-order valence-corrected chi connectivity index (χ3v) is 3.26. The van der Waals surface area contributed by atoms with Gasteiger partial charge in [-0.05, 0) is 56.0 Å². The largest absolute Gasteiger partial charge is 0.493 e. The molecule has 0 atom stereocenters. The summed E-state index contributed by atoms with van der Waals surface area (Å²) in [5.41, 5.74) is 1.93. The van der Waals surface area contributed by atoms with E-state index in [2.05, 4.69) is 0 Å². The zero-order chi connectivity index (χ0) is 16.5. The van der Waals surface area contributed by atoms with E-state index in [1.807, 2.05) is 26.0 Å². The van der Waals surface area contributed by atoms with E-state index in [9.17, 15) is 4.79 Å². The maximum absolute atomic E-state index is 10.4. The van der Waals surface area contributed by atoms with Crippen molar-refractivity contribution in [3.63, 3.8) is 0 Å². The Morgan fingerprint density at radius 1 is 1.18 bits per heavy atom. The van der Waals surface area contributed by atoms with Gasteiger partial charge < -0.3 is 14.6 Å². The van der Waals surface area contributed by atoms with Crippen molar-refractivity contribution in [1.82, 2.24) is 0 Å². The van der Waals surface area contributed by atoms with Crippen LogP contribution in [-0.2, 0) is 4.79 Å². The molecule has 0 heterocycles. The first-order valence-corrected chi connectivity index (χ1v) is 7.75. The van der Waals surface area contributed by atoms with Crippen molar-refractivity contribution in [1.29, 1.82) is 0 Å². The predicted octanol–water partition coefficient (Wildman–Crippen LogP) is 4.63. The lowest BCUT2D eigenvalue weighted by Gasteiger charge is -2.14. The Morgan fingerprint density at radius 3 is 2.36 bits per heavy atom. The van der Waals surface area contributed by atoms with Gasteiger partial charge in [-0.2, -0.15) is 0 Å². The molecule has 0 spiro atoms. The van der Waals surface area contributed by atoms with Gasteiger partial charge in [0.2, 0.25) is 0 Å². The highest BCUT2D eigenvalue weighted by molar-refractivity contribution is 6.55. The maximum atomic E-state index is 10.4. The summed E-state index contributed by atoms with van der Waals surface area (Å²) in [4.78, 5) is 10.4. The first kappa shape index (κ1) is 18.7. The third-order valence-electron chi connectivity index (χ3n) is 2.95. The minimum absolute atomic E-state index is 0.171. The molecule has 4 nitrogen and oxygen atoms in total. The molecule has 1 aromatic rings. The van der Waals surface area contributed by atoms with Crippen molar-refractivity contribution < 1.29 is 19.4 Å². The number of hydrogen-bond acceptors (Lipinski definition) is 3. The topological polar surface area (TPSA) is 55.8 Å². The van der Waals surface area contributed by atoms with Gasteiger partial charge in [-0.15, -0.1) is 0 Å². The Hall–Kier alpha value is -1.39. The smallest absolute Gasteiger partial charge is 0.303 e. The van der Waals surface area contributed by atoms with Crippen molar-refractivity contribution >= 4 is 29.2 Å². The summed E-state index contributed by atoms with van der Waals surface area (Å²) >= 11 is 11.0. The van der Waals surface area contributed by atoms with Crippen LogP contribution in [-0.4, -0.2) is 24.3 Å². The van der Waals surface area contributed by atoms with Crippen LogP contribution in [0.2, 0.25) is 0 Å². The van der Waals surface area contributed by atoms with Crippen molar-refractivity contribution in [2.75, 3.05) is 13.2 Å². The molecule has 122 valence electrons. The van der Waals surface area contributed by atoms with Crippen LogP contribution in [0, 0.1) is 13.8 Å². The van der Waals surface area contributed by atoms with Gasteiger partial charge in [0.15, 0.2) is 0 Å². The summed E-state index contributed by atoms with van der Waals surface area (Å²) < 4.78 is 11.5. The monoisotopic (exact) mass is 346 g/mol. The standard InChI is InChI=1S/C16H20Cl2O4/c1-11-9-13(21-8-6-14(17)18)10-12(2)16(11)22-7-4-3-5-15(19)20/h6,9-10H,3-5,7-8H2,1-2H3,(H,19,20). The molecule has 0 aliphatic rings. The van der Waals surface area contributed by atoms with Gasteiger partial charge in [0.25, 0.3) is 0 Å². The van der Waals surface area contributed by atoms with Gasteiger partial charge in [-0.3, -0.25) is 4.79 Å². The molecule has 0 fully saturated rings. The van der Waals surface area contributed by atoms with E-state index in [0.29, 0.717) is 26.1 Å². The minimum Gasteiger partial charge on any atom is -0.493 e. The van der Waals surface area contributed by atoms with Crippen LogP contribution in [0.3, 0.4) is 0 Å². The Kier molecular flexibility index (Phi) is 8.13. The Morgan fingerprint density at radius 2 is 1.82 bits per heavy atom. The maximum Gasteiger partial charge on any atom is 0.303 e. The molecule has 0 saturated heterocycles. The van der Waals surface area contributed by atoms with Crippen LogP contribution >= 0.6 is 23.2 Å². The van der Waals surface area contributed by atoms with E-state index in [1.165, 1.54) is 0 Å². The van der Waals surface area contributed by atoms with Crippen LogP contribution in [0.4, 0.5) is 0 Å². The average molecular weight is 347 g/mol. The molecule has 0 bridgehead atoms. The van der Waals surface area contributed by atoms with Gasteiger partial charge in [-0.25, -0.2) is 0 Å². The number of carbonyl (C=O) groups is 1. The number of carboxylic acids is 1. The summed E-state index contributed by atoms with van der Waals surface area (Å²) in [6, 6.07) is 3.77. The summed E-state index contributed by atoms with van der Waals surface area (Å²) in [7, 11) is 0. The molecule has 0 unspecified atom stereocenters. The molecule has 0 aromatic heterocycles. The molecule has 6 heteroatoms. The van der Waals surface area contributed by atoms with E-state index < -0.39 is 5.97 Å². The van der Waals surface area contributed by atoms with E-state index >= 15 is 0 Å². The second-order valence-corrected chi connectivity index (χ2v) is 5.90. The quantitative estimate of drug-likeness (QED) is 0.662. The molecule has 0 amide bonds. The zero-order valence-corrected chi connectivity index (χ0v) is 14.2. The van der Waals surface area contributed by atoms with Crippen LogP contribution in [0.1, 0.15) is 30.4 Å². The highest BCUT2D eigenvalue weighted by Crippen LogP contribution is 2.28. The Bertz CT molecular complexity index is 514. The molecule has 0 radical (unpaired) electrons. The first-order chi connectivity index (χ1) is 10.4. The van der Waals surface area contributed by atoms with Gasteiger partial charge >= 0.3 is 5.97 Å². The summed E-state index contributed by atoms with van der Waals surface area (Å²) in [5.74, 6) is 0.757. The minimum atomic E-state index is -0.778. The fraction of sp³-hybridized carbons (Fsp3) is 0.438. The van der Waals surface area contributed by atoms with Gasteiger partial charge in [0.1, 0.15) is 22.6 Å². The number of aryl methyl sites for hydroxylation is 2. The number of carboxylic acid groups (broad SMARTS) is 1. The van der Waals surface area contributed by atoms with Gasteiger partial charge in [-0.1, -0.05) is 23.2 Å². The number of unbranched alkanes of at least 4 members (excludes halogenated alkanes) is 1. The van der Waals surface area contributed by atoms with Crippen molar-refractivity contribution in [2.45, 2.75) is 33.1 Å². The summed E-state index contributed by atoms with van der Waals surface area (Å²) in [6.07, 6.45) is 3.06. The normalized spacial score (nSPS) is 10.2. The number of halogens is 2. The number of ether oxygens (including phenoxy) is 2. The Balaban J connectivity index is 2.54. The summed E-state index contributed by atoms with van der Waals surface area (Å²) in [5, 5.41) is 8.58. The number of hydrogen-bond donors (Lipinski definition) is 1. The molecule has 0 aliphatic heterocycles. The van der Waals surface area contributed by atoms with Gasteiger partial charge in [0, 0.05) is 6.42 Å². The molecule has 22 heavy (non-hydrogen) atoms. The molecular formula is C16H20Cl2O4. The van der Waals surface area contributed by atoms with E-state index in [-0.39, 0.29) is 10.9 Å². The molecule has 1 N–H and O–H groups in total. The molecule has 0 saturated carbocycles. The summed E-state index contributed by atoms with van der Waals surface area (Å²) in [6.45, 7) is 4.68. The van der Waals surface area contributed by atoms with Crippen LogP contribution in [0.5, 0.6) is 11.5 Å². The Labute approximate surface area is 140 Å². The molecule has 1 aromatic carbocycles. The lowest BCUT2D eigenvalue weighted by atomic mass is 10.1. The number of aliphatic carboxylic acids is 1.